The van der Waals surface area contributed by atoms with Gasteiger partial charge in [0.1, 0.15) is 5.75 Å². The van der Waals surface area contributed by atoms with Crippen LogP contribution in [0, 0.1) is 13.8 Å². The molecule has 0 aliphatic heterocycles. The summed E-state index contributed by atoms with van der Waals surface area (Å²) in [6.07, 6.45) is 1.57. The summed E-state index contributed by atoms with van der Waals surface area (Å²) in [4.78, 5) is 0.207. The Morgan fingerprint density at radius 1 is 1.08 bits per heavy atom. The van der Waals surface area contributed by atoms with Crippen molar-refractivity contribution in [2.45, 2.75) is 25.7 Å². The van der Waals surface area contributed by atoms with E-state index in [-0.39, 0.29) is 4.90 Å². The first-order chi connectivity index (χ1) is 11.4. The monoisotopic (exact) mass is 363 g/mol. The van der Waals surface area contributed by atoms with Crippen molar-refractivity contribution in [3.8, 4) is 5.75 Å². The summed E-state index contributed by atoms with van der Waals surface area (Å²) in [5.74, 6) is 0.763. The second-order valence-electron chi connectivity index (χ2n) is 5.53. The van der Waals surface area contributed by atoms with Gasteiger partial charge < -0.3 is 4.74 Å². The van der Waals surface area contributed by atoms with Gasteiger partial charge in [-0.2, -0.15) is 0 Å². The van der Waals surface area contributed by atoms with Crippen molar-refractivity contribution >= 4 is 32.5 Å². The second kappa shape index (κ2) is 6.15. The molecule has 3 rings (SSSR count). The zero-order valence-corrected chi connectivity index (χ0v) is 15.3. The molecule has 0 saturated heterocycles. The number of ether oxygens (including phenoxy) is 1. The van der Waals surface area contributed by atoms with Crippen molar-refractivity contribution in [2.75, 3.05) is 6.61 Å². The van der Waals surface area contributed by atoms with Gasteiger partial charge in [0, 0.05) is 22.2 Å². The van der Waals surface area contributed by atoms with E-state index < -0.39 is 10.0 Å². The van der Waals surface area contributed by atoms with Gasteiger partial charge in [-0.3, -0.25) is 0 Å². The Morgan fingerprint density at radius 2 is 1.83 bits per heavy atom. The number of fused-ring (bicyclic) bond motifs is 1. The van der Waals surface area contributed by atoms with E-state index in [0.29, 0.717) is 22.7 Å². The topological polar surface area (TPSA) is 48.3 Å². The third-order valence-corrected chi connectivity index (χ3v) is 6.35. The number of halogens is 1. The molecular weight excluding hydrogens is 346 g/mol. The van der Waals surface area contributed by atoms with E-state index in [9.17, 15) is 8.42 Å². The third-order valence-electron chi connectivity index (χ3n) is 4.11. The molecule has 4 nitrogen and oxygen atoms in total. The number of rotatable bonds is 4. The first kappa shape index (κ1) is 16.9. The number of aryl methyl sites for hydroxylation is 1. The molecule has 0 atom stereocenters. The van der Waals surface area contributed by atoms with Crippen LogP contribution in [0.5, 0.6) is 5.75 Å². The van der Waals surface area contributed by atoms with Crippen LogP contribution < -0.4 is 4.74 Å². The predicted molar refractivity (Wildman–Crippen MR) is 96.6 cm³/mol. The molecule has 0 bridgehead atoms. The van der Waals surface area contributed by atoms with Crippen molar-refractivity contribution in [3.05, 3.63) is 58.7 Å². The first-order valence-electron chi connectivity index (χ1n) is 7.62. The molecule has 2 aromatic carbocycles. The van der Waals surface area contributed by atoms with Crippen LogP contribution in [0.1, 0.15) is 18.1 Å². The Kier molecular flexibility index (Phi) is 4.32. The van der Waals surface area contributed by atoms with Crippen molar-refractivity contribution in [2.24, 2.45) is 0 Å². The normalized spacial score (nSPS) is 11.8. The van der Waals surface area contributed by atoms with Crippen LogP contribution in [0.4, 0.5) is 0 Å². The van der Waals surface area contributed by atoms with Gasteiger partial charge in [0.25, 0.3) is 10.0 Å². The Labute approximate surface area is 146 Å². The summed E-state index contributed by atoms with van der Waals surface area (Å²) < 4.78 is 33.0. The molecule has 0 aliphatic carbocycles. The number of aromatic nitrogens is 1. The first-order valence-corrected chi connectivity index (χ1v) is 9.44. The minimum atomic E-state index is -3.73. The SMILES string of the molecule is CCOc1ccc2c(ccn2S(=O)(=O)c2cccc(Cl)c2C)c1C. The van der Waals surface area contributed by atoms with Gasteiger partial charge in [0.05, 0.1) is 17.0 Å². The Hall–Kier alpha value is -1.98. The van der Waals surface area contributed by atoms with E-state index in [1.54, 1.807) is 49.5 Å². The lowest BCUT2D eigenvalue weighted by molar-refractivity contribution is 0.338. The van der Waals surface area contributed by atoms with Crippen molar-refractivity contribution in [3.63, 3.8) is 0 Å². The zero-order valence-electron chi connectivity index (χ0n) is 13.7. The van der Waals surface area contributed by atoms with E-state index >= 15 is 0 Å². The Balaban J connectivity index is 2.23. The molecule has 0 amide bonds. The lowest BCUT2D eigenvalue weighted by atomic mass is 10.1. The maximum absolute atomic E-state index is 13.1. The largest absolute Gasteiger partial charge is 0.494 e. The van der Waals surface area contributed by atoms with Gasteiger partial charge in [0.2, 0.25) is 0 Å². The second-order valence-corrected chi connectivity index (χ2v) is 7.72. The molecule has 0 fully saturated rings. The molecule has 0 saturated carbocycles. The minimum Gasteiger partial charge on any atom is -0.494 e. The summed E-state index contributed by atoms with van der Waals surface area (Å²) in [5.41, 5.74) is 2.09. The van der Waals surface area contributed by atoms with Gasteiger partial charge >= 0.3 is 0 Å². The Bertz CT molecular complexity index is 1020. The molecule has 0 spiro atoms. The van der Waals surface area contributed by atoms with E-state index in [2.05, 4.69) is 0 Å². The highest BCUT2D eigenvalue weighted by Gasteiger charge is 2.22. The fraction of sp³-hybridized carbons (Fsp3) is 0.222. The number of hydrogen-bond acceptors (Lipinski definition) is 3. The van der Waals surface area contributed by atoms with Crippen LogP contribution in [-0.2, 0) is 10.0 Å². The average molecular weight is 364 g/mol. The molecule has 24 heavy (non-hydrogen) atoms. The van der Waals surface area contributed by atoms with Crippen LogP contribution in [0.25, 0.3) is 10.9 Å². The zero-order chi connectivity index (χ0) is 17.5. The highest BCUT2D eigenvalue weighted by molar-refractivity contribution is 7.90. The average Bonchev–Trinajstić information content (AvgIpc) is 2.98. The maximum atomic E-state index is 13.1. The van der Waals surface area contributed by atoms with Crippen LogP contribution in [-0.4, -0.2) is 19.0 Å². The lowest BCUT2D eigenvalue weighted by Gasteiger charge is -2.12. The van der Waals surface area contributed by atoms with Crippen molar-refractivity contribution < 1.29 is 13.2 Å². The third kappa shape index (κ3) is 2.58. The van der Waals surface area contributed by atoms with Gasteiger partial charge in [-0.05, 0) is 56.7 Å². The molecule has 6 heteroatoms. The van der Waals surface area contributed by atoms with Gasteiger partial charge in [-0.1, -0.05) is 17.7 Å². The minimum absolute atomic E-state index is 0.207. The van der Waals surface area contributed by atoms with Crippen molar-refractivity contribution in [1.29, 1.82) is 0 Å². The summed E-state index contributed by atoms with van der Waals surface area (Å²) in [5, 5.41) is 1.28. The molecule has 0 aliphatic rings. The van der Waals surface area contributed by atoms with Crippen LogP contribution in [0.3, 0.4) is 0 Å². The molecule has 126 valence electrons. The van der Waals surface area contributed by atoms with Gasteiger partial charge in [0.15, 0.2) is 0 Å². The summed E-state index contributed by atoms with van der Waals surface area (Å²) >= 11 is 6.09. The molecule has 1 heterocycles. The lowest BCUT2D eigenvalue weighted by Crippen LogP contribution is -2.13. The highest BCUT2D eigenvalue weighted by atomic mass is 35.5. The van der Waals surface area contributed by atoms with Crippen LogP contribution >= 0.6 is 11.6 Å². The fourth-order valence-electron chi connectivity index (χ4n) is 2.81. The van der Waals surface area contributed by atoms with Gasteiger partial charge in [-0.15, -0.1) is 0 Å². The molecule has 3 aromatic rings. The molecule has 0 N–H and O–H groups in total. The van der Waals surface area contributed by atoms with Crippen LogP contribution in [0.15, 0.2) is 47.5 Å². The fourth-order valence-corrected chi connectivity index (χ4v) is 4.64. The maximum Gasteiger partial charge on any atom is 0.268 e. The highest BCUT2D eigenvalue weighted by Crippen LogP contribution is 2.32. The summed E-state index contributed by atoms with van der Waals surface area (Å²) in [6.45, 7) is 6.11. The molecule has 1 aromatic heterocycles. The molecular formula is C18H18ClNO3S. The standard InChI is InChI=1S/C18H18ClNO3S/c1-4-23-17-9-8-16-14(12(17)2)10-11-20(16)24(21,22)18-7-5-6-15(19)13(18)3/h5-11H,4H2,1-3H3. The van der Waals surface area contributed by atoms with Gasteiger partial charge in [-0.25, -0.2) is 12.4 Å². The Morgan fingerprint density at radius 3 is 2.54 bits per heavy atom. The predicted octanol–water partition coefficient (Wildman–Crippen LogP) is 4.55. The van der Waals surface area contributed by atoms with E-state index in [1.165, 1.54) is 3.97 Å². The molecule has 0 radical (unpaired) electrons. The van der Waals surface area contributed by atoms with Crippen LogP contribution in [0.2, 0.25) is 5.02 Å². The van der Waals surface area contributed by atoms with E-state index in [0.717, 1.165) is 16.7 Å². The summed E-state index contributed by atoms with van der Waals surface area (Å²) in [7, 11) is -3.73. The number of benzene rings is 2. The van der Waals surface area contributed by atoms with Crippen molar-refractivity contribution in [1.82, 2.24) is 3.97 Å². The molecule has 0 unspecified atom stereocenters. The smallest absolute Gasteiger partial charge is 0.268 e. The quantitative estimate of drug-likeness (QED) is 0.683. The number of nitrogens with zero attached hydrogens (tertiary/aromatic N) is 1. The van der Waals surface area contributed by atoms with E-state index in [4.69, 9.17) is 16.3 Å². The number of hydrogen-bond donors (Lipinski definition) is 0. The van der Waals surface area contributed by atoms with E-state index in [1.807, 2.05) is 13.8 Å². The summed E-state index contributed by atoms with van der Waals surface area (Å²) in [6, 6.07) is 10.3.